The molecular formula is C32H32F8N8. The van der Waals surface area contributed by atoms with Crippen molar-refractivity contribution in [1.29, 1.82) is 0 Å². The number of aromatic nitrogens is 8. The Kier molecular flexibility index (Phi) is 7.03. The Labute approximate surface area is 268 Å². The number of rotatable bonds is 0. The lowest BCUT2D eigenvalue weighted by Crippen LogP contribution is -2.32. The fourth-order valence-electron chi connectivity index (χ4n) is 8.91. The Balaban J connectivity index is 1.33. The fraction of sp³-hybridized carbons (Fsp3) is 0.688. The van der Waals surface area contributed by atoms with E-state index in [4.69, 9.17) is 9.97 Å². The van der Waals surface area contributed by atoms with Crippen LogP contribution in [0, 0.1) is 0 Å². The number of alkyl halides is 8. The molecule has 48 heavy (non-hydrogen) atoms. The van der Waals surface area contributed by atoms with Crippen LogP contribution in [0.4, 0.5) is 35.1 Å². The molecule has 14 unspecified atom stereocenters. The van der Waals surface area contributed by atoms with E-state index in [-0.39, 0.29) is 97.6 Å². The minimum Gasteiger partial charge on any atom is -0.331 e. The molecule has 8 bridgehead atoms. The number of nitrogens with one attached hydrogen (secondary N) is 2. The van der Waals surface area contributed by atoms with Gasteiger partial charge in [-0.25, -0.2) is 65.0 Å². The van der Waals surface area contributed by atoms with Gasteiger partial charge in [0, 0.05) is 59.5 Å². The zero-order valence-corrected chi connectivity index (χ0v) is 25.4. The maximum absolute atomic E-state index is 14.8. The number of H-pyrrole nitrogens is 2. The van der Waals surface area contributed by atoms with Crippen molar-refractivity contribution < 1.29 is 35.1 Å². The average molecular weight is 681 g/mol. The molecular weight excluding hydrogens is 648 g/mol. The van der Waals surface area contributed by atoms with Gasteiger partial charge in [0.2, 0.25) is 0 Å². The van der Waals surface area contributed by atoms with E-state index in [1.54, 1.807) is 0 Å². The number of hydrogen-bond donors (Lipinski definition) is 2. The van der Waals surface area contributed by atoms with Gasteiger partial charge in [0.15, 0.2) is 0 Å². The maximum atomic E-state index is 14.8. The molecule has 4 aliphatic carbocycles. The van der Waals surface area contributed by atoms with Crippen LogP contribution in [0.5, 0.6) is 0 Å². The standard InChI is InChI=1S/C32H32F8N8/c33-17-1-9-10(2-18(17)34)26-41-25(9)45-27-11-3-19(35)20(36)4-12(11)29(42-27)47-31-15-7-23(39)24(40)8-16(15)32(44-31)48-30-14-6-22(38)21(37)5-13(14)28(43-30)46-26/h9-14,17-24,44H,1-8H2,(H,41,42,43,45,46,47,48). The van der Waals surface area contributed by atoms with E-state index in [2.05, 4.69) is 29.9 Å². The molecule has 16 heteroatoms. The minimum atomic E-state index is -1.82. The van der Waals surface area contributed by atoms with Crippen molar-refractivity contribution in [3.05, 3.63) is 46.1 Å². The van der Waals surface area contributed by atoms with Crippen molar-refractivity contribution in [1.82, 2.24) is 39.9 Å². The van der Waals surface area contributed by atoms with Crippen molar-refractivity contribution in [2.45, 2.75) is 136 Å². The number of aromatic amines is 2. The van der Waals surface area contributed by atoms with Gasteiger partial charge in [0.05, 0.1) is 0 Å². The summed E-state index contributed by atoms with van der Waals surface area (Å²) in [6.45, 7) is 0. The summed E-state index contributed by atoms with van der Waals surface area (Å²) in [4.78, 5) is 34.2. The molecule has 0 aromatic carbocycles. The molecule has 14 atom stereocenters. The average Bonchev–Trinajstić information content (AvgIpc) is 3.74. The molecule has 0 spiro atoms. The van der Waals surface area contributed by atoms with Crippen molar-refractivity contribution in [3.63, 3.8) is 0 Å². The summed E-state index contributed by atoms with van der Waals surface area (Å²) in [5, 5.41) is 0. The molecule has 2 aromatic rings. The first-order chi connectivity index (χ1) is 23.0. The predicted molar refractivity (Wildman–Crippen MR) is 154 cm³/mol. The molecule has 9 rings (SSSR count). The molecule has 7 aliphatic rings. The Morgan fingerprint density at radius 3 is 1.02 bits per heavy atom. The normalized spacial score (nSPS) is 41.1. The van der Waals surface area contributed by atoms with Gasteiger partial charge in [-0.15, -0.1) is 0 Å². The molecule has 3 saturated carbocycles. The lowest BCUT2D eigenvalue weighted by atomic mass is 9.77. The van der Waals surface area contributed by atoms with E-state index in [9.17, 15) is 35.1 Å². The predicted octanol–water partition coefficient (Wildman–Crippen LogP) is 6.40. The van der Waals surface area contributed by atoms with Crippen LogP contribution in [0.3, 0.4) is 0 Å². The number of halogens is 8. The van der Waals surface area contributed by atoms with Crippen LogP contribution in [0.1, 0.15) is 120 Å². The van der Waals surface area contributed by atoms with Crippen molar-refractivity contribution >= 4 is 11.3 Å². The highest BCUT2D eigenvalue weighted by molar-refractivity contribution is 5.67. The second-order valence-electron chi connectivity index (χ2n) is 14.4. The minimum absolute atomic E-state index is 0.129. The molecule has 2 aromatic heterocycles. The maximum Gasteiger partial charge on any atom is 0.137 e. The third-order valence-corrected chi connectivity index (χ3v) is 11.5. The summed E-state index contributed by atoms with van der Waals surface area (Å²) in [6, 6.07) is 0. The van der Waals surface area contributed by atoms with Gasteiger partial charge in [-0.1, -0.05) is 0 Å². The van der Waals surface area contributed by atoms with E-state index in [1.807, 2.05) is 0 Å². The highest BCUT2D eigenvalue weighted by atomic mass is 19.2. The van der Waals surface area contributed by atoms with Crippen LogP contribution in [0.2, 0.25) is 0 Å². The lowest BCUT2D eigenvalue weighted by molar-refractivity contribution is 0.0941. The molecule has 256 valence electrons. The monoisotopic (exact) mass is 680 g/mol. The van der Waals surface area contributed by atoms with Crippen LogP contribution in [0.25, 0.3) is 11.3 Å². The number of hydrogen-bond acceptors (Lipinski definition) is 6. The molecule has 3 aliphatic heterocycles. The summed E-state index contributed by atoms with van der Waals surface area (Å²) < 4.78 is 118. The Bertz CT molecular complexity index is 1710. The smallest absolute Gasteiger partial charge is 0.137 e. The van der Waals surface area contributed by atoms with E-state index >= 15 is 0 Å². The van der Waals surface area contributed by atoms with E-state index < -0.39 is 84.9 Å². The summed E-state index contributed by atoms with van der Waals surface area (Å²) in [7, 11) is 0. The summed E-state index contributed by atoms with van der Waals surface area (Å²) in [5.41, 5.74) is 0.965. The van der Waals surface area contributed by atoms with Gasteiger partial charge in [-0.2, -0.15) is 0 Å². The molecule has 0 radical (unpaired) electrons. The van der Waals surface area contributed by atoms with Crippen molar-refractivity contribution in [3.8, 4) is 0 Å². The van der Waals surface area contributed by atoms with Crippen molar-refractivity contribution in [2.24, 2.45) is 0 Å². The van der Waals surface area contributed by atoms with Crippen LogP contribution >= 0.6 is 0 Å². The van der Waals surface area contributed by atoms with E-state index in [1.165, 1.54) is 0 Å². The third-order valence-electron chi connectivity index (χ3n) is 11.5. The fourth-order valence-corrected chi connectivity index (χ4v) is 8.91. The van der Waals surface area contributed by atoms with E-state index in [0.717, 1.165) is 0 Å². The Morgan fingerprint density at radius 2 is 0.667 bits per heavy atom. The molecule has 0 saturated heterocycles. The van der Waals surface area contributed by atoms with Crippen LogP contribution in [-0.4, -0.2) is 89.2 Å². The van der Waals surface area contributed by atoms with Gasteiger partial charge >= 0.3 is 0 Å². The SMILES string of the molecule is FC1Cc2c(c3nc4nc(nc5[nH]c(nc6nc(nc2[nH]3)C2CC(F)C(F)CC62)C2CC(F)C(F)CC52)C2CC(F)C(F)CC42)CC1F. The van der Waals surface area contributed by atoms with Gasteiger partial charge in [0.1, 0.15) is 95.6 Å². The summed E-state index contributed by atoms with van der Waals surface area (Å²) >= 11 is 0. The third kappa shape index (κ3) is 4.73. The molecule has 8 nitrogen and oxygen atoms in total. The van der Waals surface area contributed by atoms with Crippen LogP contribution < -0.4 is 0 Å². The Hall–Kier alpha value is -3.46. The first-order valence-corrected chi connectivity index (χ1v) is 16.7. The van der Waals surface area contributed by atoms with Crippen LogP contribution in [-0.2, 0) is 12.8 Å². The summed E-state index contributed by atoms with van der Waals surface area (Å²) in [6.07, 6.45) is -16.3. The van der Waals surface area contributed by atoms with Gasteiger partial charge in [-0.3, -0.25) is 0 Å². The zero-order valence-electron chi connectivity index (χ0n) is 25.4. The first kappa shape index (κ1) is 30.6. The quantitative estimate of drug-likeness (QED) is 0.312. The van der Waals surface area contributed by atoms with Gasteiger partial charge in [-0.05, 0) is 38.5 Å². The zero-order chi connectivity index (χ0) is 33.2. The van der Waals surface area contributed by atoms with E-state index in [0.29, 0.717) is 11.1 Å². The summed E-state index contributed by atoms with van der Waals surface area (Å²) in [5.74, 6) is -2.98. The highest BCUT2D eigenvalue weighted by Crippen LogP contribution is 2.51. The van der Waals surface area contributed by atoms with Crippen LogP contribution in [0.15, 0.2) is 0 Å². The second kappa shape index (κ2) is 11.0. The highest BCUT2D eigenvalue weighted by Gasteiger charge is 2.49. The molecule has 2 N–H and O–H groups in total. The first-order valence-electron chi connectivity index (χ1n) is 16.7. The number of nitrogens with zero attached hydrogens (tertiary/aromatic N) is 6. The lowest BCUT2D eigenvalue weighted by Gasteiger charge is -2.31. The Morgan fingerprint density at radius 1 is 0.354 bits per heavy atom. The topological polar surface area (TPSA) is 109 Å². The van der Waals surface area contributed by atoms with Gasteiger partial charge < -0.3 is 9.97 Å². The molecule has 0 amide bonds. The molecule has 3 fully saturated rings. The second-order valence-corrected chi connectivity index (χ2v) is 14.4. The largest absolute Gasteiger partial charge is 0.331 e. The number of fused-ring (bicyclic) bond motifs is 20. The van der Waals surface area contributed by atoms with Gasteiger partial charge in [0.25, 0.3) is 0 Å². The van der Waals surface area contributed by atoms with Crippen molar-refractivity contribution in [2.75, 3.05) is 0 Å². The molecule has 5 heterocycles.